The molecule has 1 amide bonds. The van der Waals surface area contributed by atoms with Gasteiger partial charge in [0.1, 0.15) is 0 Å². The van der Waals surface area contributed by atoms with Crippen molar-refractivity contribution in [1.29, 1.82) is 0 Å². The maximum absolute atomic E-state index is 12.2. The number of hydrogen-bond donors (Lipinski definition) is 2. The summed E-state index contributed by atoms with van der Waals surface area (Å²) >= 11 is 0. The summed E-state index contributed by atoms with van der Waals surface area (Å²) in [5, 5.41) is 2.85. The van der Waals surface area contributed by atoms with Gasteiger partial charge in [0, 0.05) is 19.8 Å². The van der Waals surface area contributed by atoms with Crippen LogP contribution in [0.25, 0.3) is 0 Å². The minimum atomic E-state index is -3.44. The van der Waals surface area contributed by atoms with Crippen LogP contribution in [0.4, 0.5) is 5.69 Å². The first-order valence-electron chi connectivity index (χ1n) is 8.45. The number of nitrogens with zero attached hydrogens (tertiary/aromatic N) is 1. The van der Waals surface area contributed by atoms with Gasteiger partial charge in [-0.25, -0.2) is 12.7 Å². The van der Waals surface area contributed by atoms with Crippen molar-refractivity contribution in [2.75, 3.05) is 33.0 Å². The number of benzene rings is 1. The largest absolute Gasteiger partial charge is 0.327 e. The molecule has 7 heteroatoms. The molecule has 134 valence electrons. The van der Waals surface area contributed by atoms with E-state index < -0.39 is 10.0 Å². The molecule has 0 bridgehead atoms. The summed E-state index contributed by atoms with van der Waals surface area (Å²) in [6, 6.07) is 6.86. The van der Waals surface area contributed by atoms with Gasteiger partial charge in [0.15, 0.2) is 6.54 Å². The van der Waals surface area contributed by atoms with E-state index in [-0.39, 0.29) is 10.8 Å². The lowest BCUT2D eigenvalue weighted by Gasteiger charge is -2.27. The Morgan fingerprint density at radius 3 is 2.29 bits per heavy atom. The molecule has 1 unspecified atom stereocenters. The average Bonchev–Trinajstić information content (AvgIpc) is 2.56. The first kappa shape index (κ1) is 18.9. The lowest BCUT2D eigenvalue weighted by molar-refractivity contribution is -0.899. The van der Waals surface area contributed by atoms with Gasteiger partial charge in [0.05, 0.1) is 18.0 Å². The molecule has 0 aromatic heterocycles. The number of rotatable bonds is 6. The van der Waals surface area contributed by atoms with Crippen LogP contribution in [0.15, 0.2) is 29.2 Å². The second kappa shape index (κ2) is 8.09. The number of carbonyl (C=O) groups excluding carboxylic acids is 1. The Kier molecular flexibility index (Phi) is 6.37. The highest BCUT2D eigenvalue weighted by molar-refractivity contribution is 7.89. The molecule has 1 atom stereocenters. The van der Waals surface area contributed by atoms with Crippen molar-refractivity contribution in [3.05, 3.63) is 24.3 Å². The molecular formula is C17H28N3O3S+. The van der Waals surface area contributed by atoms with Gasteiger partial charge in [-0.3, -0.25) is 4.79 Å². The van der Waals surface area contributed by atoms with Crippen LogP contribution in [0, 0.1) is 0 Å². The zero-order valence-electron chi connectivity index (χ0n) is 14.7. The number of likely N-dealkylation sites (N-methyl/N-ethyl adjacent to an activating group) is 1. The van der Waals surface area contributed by atoms with Crippen molar-refractivity contribution < 1.29 is 18.1 Å². The van der Waals surface area contributed by atoms with E-state index in [9.17, 15) is 13.2 Å². The number of quaternary nitrogens is 1. The van der Waals surface area contributed by atoms with Crippen LogP contribution in [-0.4, -0.2) is 52.4 Å². The number of nitrogens with one attached hydrogen (secondary N) is 2. The Labute approximate surface area is 144 Å². The predicted molar refractivity (Wildman–Crippen MR) is 94.6 cm³/mol. The number of hydrogen-bond acceptors (Lipinski definition) is 3. The van der Waals surface area contributed by atoms with Crippen LogP contribution in [-0.2, 0) is 14.8 Å². The number of carbonyl (C=O) groups is 1. The average molecular weight is 354 g/mol. The van der Waals surface area contributed by atoms with Gasteiger partial charge in [-0.2, -0.15) is 0 Å². The van der Waals surface area contributed by atoms with Crippen molar-refractivity contribution >= 4 is 21.6 Å². The molecule has 6 nitrogen and oxygen atoms in total. The van der Waals surface area contributed by atoms with E-state index >= 15 is 0 Å². The quantitative estimate of drug-likeness (QED) is 0.791. The molecule has 1 aromatic carbocycles. The summed E-state index contributed by atoms with van der Waals surface area (Å²) in [5.41, 5.74) is 0.620. The number of anilines is 1. The van der Waals surface area contributed by atoms with E-state index in [2.05, 4.69) is 12.4 Å². The molecular weight excluding hydrogens is 326 g/mol. The summed E-state index contributed by atoms with van der Waals surface area (Å²) in [7, 11) is 1.62. The fraction of sp³-hybridized carbons (Fsp3) is 0.588. The molecule has 1 aliphatic rings. The van der Waals surface area contributed by atoms with Crippen LogP contribution in [0.5, 0.6) is 0 Å². The normalized spacial score (nSPS) is 17.7. The van der Waals surface area contributed by atoms with Crippen LogP contribution < -0.4 is 10.2 Å². The standard InChI is InChI=1S/C17H27N3O3S/c1-19(2)24(22,23)16-11-9-14(10-12-16)18-17(21)13-20(3)15-7-5-4-6-8-15/h9-12,15H,4-8,13H2,1-3H3,(H,18,21)/p+1. The Morgan fingerprint density at radius 1 is 1.17 bits per heavy atom. The molecule has 1 aliphatic carbocycles. The van der Waals surface area contributed by atoms with E-state index in [0.717, 1.165) is 0 Å². The summed E-state index contributed by atoms with van der Waals surface area (Å²) in [5.74, 6) is -0.0405. The van der Waals surface area contributed by atoms with E-state index in [0.29, 0.717) is 18.3 Å². The second-order valence-electron chi connectivity index (χ2n) is 6.72. The summed E-state index contributed by atoms with van der Waals surface area (Å²) in [6.07, 6.45) is 6.20. The highest BCUT2D eigenvalue weighted by atomic mass is 32.2. The third-order valence-corrected chi connectivity index (χ3v) is 6.49. The lowest BCUT2D eigenvalue weighted by Crippen LogP contribution is -3.14. The number of amides is 1. The Balaban J connectivity index is 1.92. The minimum absolute atomic E-state index is 0.0405. The first-order valence-corrected chi connectivity index (χ1v) is 9.89. The third-order valence-electron chi connectivity index (χ3n) is 4.66. The van der Waals surface area contributed by atoms with Gasteiger partial charge >= 0.3 is 0 Å². The van der Waals surface area contributed by atoms with Crippen molar-refractivity contribution in [2.24, 2.45) is 0 Å². The van der Waals surface area contributed by atoms with Gasteiger partial charge in [0.25, 0.3) is 5.91 Å². The molecule has 24 heavy (non-hydrogen) atoms. The van der Waals surface area contributed by atoms with Gasteiger partial charge < -0.3 is 10.2 Å². The summed E-state index contributed by atoms with van der Waals surface area (Å²) in [4.78, 5) is 13.7. The topological polar surface area (TPSA) is 70.9 Å². The van der Waals surface area contributed by atoms with Gasteiger partial charge in [-0.1, -0.05) is 6.42 Å². The maximum Gasteiger partial charge on any atom is 0.279 e. The van der Waals surface area contributed by atoms with Crippen LogP contribution in [0.2, 0.25) is 0 Å². The molecule has 2 N–H and O–H groups in total. The highest BCUT2D eigenvalue weighted by Crippen LogP contribution is 2.17. The van der Waals surface area contributed by atoms with Crippen LogP contribution in [0.1, 0.15) is 32.1 Å². The monoisotopic (exact) mass is 354 g/mol. The van der Waals surface area contributed by atoms with E-state index in [1.54, 1.807) is 12.1 Å². The van der Waals surface area contributed by atoms with Gasteiger partial charge in [-0.05, 0) is 49.9 Å². The summed E-state index contributed by atoms with van der Waals surface area (Å²) in [6.45, 7) is 0.433. The molecule has 0 spiro atoms. The smallest absolute Gasteiger partial charge is 0.279 e. The van der Waals surface area contributed by atoms with Gasteiger partial charge in [-0.15, -0.1) is 0 Å². The van der Waals surface area contributed by atoms with Crippen molar-refractivity contribution in [3.63, 3.8) is 0 Å². The molecule has 1 fully saturated rings. The highest BCUT2D eigenvalue weighted by Gasteiger charge is 2.23. The molecule has 0 radical (unpaired) electrons. The predicted octanol–water partition coefficient (Wildman–Crippen LogP) is 0.723. The fourth-order valence-electron chi connectivity index (χ4n) is 3.12. The van der Waals surface area contributed by atoms with Crippen LogP contribution >= 0.6 is 0 Å². The molecule has 0 saturated heterocycles. The van der Waals surface area contributed by atoms with E-state index in [1.807, 2.05) is 0 Å². The molecule has 1 saturated carbocycles. The summed E-state index contributed by atoms with van der Waals surface area (Å²) < 4.78 is 25.2. The van der Waals surface area contributed by atoms with Gasteiger partial charge in [0.2, 0.25) is 10.0 Å². The van der Waals surface area contributed by atoms with E-state index in [4.69, 9.17) is 0 Å². The molecule has 0 aliphatic heterocycles. The third kappa shape index (κ3) is 4.78. The van der Waals surface area contributed by atoms with Crippen molar-refractivity contribution in [1.82, 2.24) is 4.31 Å². The molecule has 0 heterocycles. The van der Waals surface area contributed by atoms with Crippen molar-refractivity contribution in [3.8, 4) is 0 Å². The molecule has 2 rings (SSSR count). The Hall–Kier alpha value is -1.44. The van der Waals surface area contributed by atoms with E-state index in [1.165, 1.54) is 67.5 Å². The minimum Gasteiger partial charge on any atom is -0.327 e. The maximum atomic E-state index is 12.2. The lowest BCUT2D eigenvalue weighted by atomic mass is 9.94. The second-order valence-corrected chi connectivity index (χ2v) is 8.87. The Bertz CT molecular complexity index is 650. The zero-order chi connectivity index (χ0) is 17.7. The fourth-order valence-corrected chi connectivity index (χ4v) is 4.02. The van der Waals surface area contributed by atoms with Crippen molar-refractivity contribution in [2.45, 2.75) is 43.0 Å². The Morgan fingerprint density at radius 2 is 1.75 bits per heavy atom. The SMILES string of the molecule is CN(C)S(=O)(=O)c1ccc(NC(=O)C[NH+](C)C2CCCCC2)cc1. The van der Waals surface area contributed by atoms with Crippen LogP contribution in [0.3, 0.4) is 0 Å². The zero-order valence-corrected chi connectivity index (χ0v) is 15.5. The molecule has 1 aromatic rings. The number of sulfonamides is 1. The first-order chi connectivity index (χ1) is 11.3.